The Balaban J connectivity index is 2.61. The second kappa shape index (κ2) is 5.16. The van der Waals surface area contributed by atoms with Gasteiger partial charge in [0.1, 0.15) is 5.75 Å². The highest BCUT2D eigenvalue weighted by atomic mass is 16.3. The van der Waals surface area contributed by atoms with Gasteiger partial charge in [-0.2, -0.15) is 0 Å². The third-order valence-electron chi connectivity index (χ3n) is 1.73. The number of phenols is 1. The van der Waals surface area contributed by atoms with E-state index in [-0.39, 0.29) is 11.8 Å². The Hall–Kier alpha value is -2.04. The molecule has 0 saturated heterocycles. The predicted octanol–water partition coefficient (Wildman–Crippen LogP) is 0.855. The molecule has 3 N–H and O–H groups in total. The summed E-state index contributed by atoms with van der Waals surface area (Å²) < 4.78 is 0. The Morgan fingerprint density at radius 1 is 1.25 bits per heavy atom. The molecule has 0 heterocycles. The van der Waals surface area contributed by atoms with Gasteiger partial charge in [-0.3, -0.25) is 9.59 Å². The van der Waals surface area contributed by atoms with Gasteiger partial charge in [0, 0.05) is 17.8 Å². The first-order valence-corrected chi connectivity index (χ1v) is 4.90. The van der Waals surface area contributed by atoms with Crippen molar-refractivity contribution < 1.29 is 14.7 Å². The number of hydrogen-bond acceptors (Lipinski definition) is 3. The topological polar surface area (TPSA) is 78.4 Å². The van der Waals surface area contributed by atoms with Gasteiger partial charge < -0.3 is 15.7 Å². The number of amides is 2. The molecule has 5 nitrogen and oxygen atoms in total. The van der Waals surface area contributed by atoms with Crippen LogP contribution in [0.5, 0.6) is 5.75 Å². The van der Waals surface area contributed by atoms with E-state index in [4.69, 9.17) is 5.11 Å². The average Bonchev–Trinajstić information content (AvgIpc) is 2.16. The molecule has 1 rings (SSSR count). The van der Waals surface area contributed by atoms with E-state index < -0.39 is 11.8 Å². The van der Waals surface area contributed by atoms with Crippen LogP contribution in [0.4, 0.5) is 5.69 Å². The average molecular weight is 222 g/mol. The number of rotatable bonds is 2. The van der Waals surface area contributed by atoms with Crippen molar-refractivity contribution in [3.05, 3.63) is 24.3 Å². The number of benzene rings is 1. The highest BCUT2D eigenvalue weighted by molar-refractivity contribution is 6.39. The van der Waals surface area contributed by atoms with Crippen LogP contribution < -0.4 is 10.6 Å². The van der Waals surface area contributed by atoms with Gasteiger partial charge in [0.15, 0.2) is 0 Å². The quantitative estimate of drug-likeness (QED) is 0.649. The Bertz CT molecular complexity index is 402. The first-order chi connectivity index (χ1) is 7.49. The summed E-state index contributed by atoms with van der Waals surface area (Å²) in [5.74, 6) is -1.42. The zero-order valence-corrected chi connectivity index (χ0v) is 9.15. The summed E-state index contributed by atoms with van der Waals surface area (Å²) in [6, 6.07) is 5.90. The predicted molar refractivity (Wildman–Crippen MR) is 60.0 cm³/mol. The number of nitrogens with one attached hydrogen (secondary N) is 2. The van der Waals surface area contributed by atoms with Crippen LogP contribution in [-0.2, 0) is 9.59 Å². The van der Waals surface area contributed by atoms with Crippen LogP contribution in [0.3, 0.4) is 0 Å². The van der Waals surface area contributed by atoms with E-state index in [1.807, 2.05) is 0 Å². The number of carbonyl (C=O) groups excluding carboxylic acids is 2. The minimum absolute atomic E-state index is 0.0297. The second-order valence-corrected chi connectivity index (χ2v) is 3.63. The van der Waals surface area contributed by atoms with Crippen molar-refractivity contribution in [1.82, 2.24) is 5.32 Å². The smallest absolute Gasteiger partial charge is 0.313 e. The Morgan fingerprint density at radius 3 is 2.50 bits per heavy atom. The third kappa shape index (κ3) is 3.61. The number of phenolic OH excluding ortho intramolecular Hbond substituents is 1. The van der Waals surface area contributed by atoms with Crippen molar-refractivity contribution >= 4 is 17.5 Å². The molecule has 2 amide bonds. The molecule has 0 atom stereocenters. The number of carbonyl (C=O) groups is 2. The first-order valence-electron chi connectivity index (χ1n) is 4.90. The van der Waals surface area contributed by atoms with Gasteiger partial charge in [-0.1, -0.05) is 6.07 Å². The van der Waals surface area contributed by atoms with Gasteiger partial charge >= 0.3 is 11.8 Å². The van der Waals surface area contributed by atoms with Crippen LogP contribution >= 0.6 is 0 Å². The molecular formula is C11H14N2O3. The fourth-order valence-corrected chi connectivity index (χ4v) is 1.10. The lowest BCUT2D eigenvalue weighted by Gasteiger charge is -2.08. The van der Waals surface area contributed by atoms with Crippen LogP contribution in [0.2, 0.25) is 0 Å². The highest BCUT2D eigenvalue weighted by Gasteiger charge is 2.14. The Morgan fingerprint density at radius 2 is 1.94 bits per heavy atom. The van der Waals surface area contributed by atoms with E-state index in [1.165, 1.54) is 12.1 Å². The minimum Gasteiger partial charge on any atom is -0.508 e. The molecule has 0 saturated carbocycles. The van der Waals surface area contributed by atoms with E-state index in [1.54, 1.807) is 26.0 Å². The number of hydrogen-bond donors (Lipinski definition) is 3. The molecule has 0 aliphatic heterocycles. The third-order valence-corrected chi connectivity index (χ3v) is 1.73. The molecule has 86 valence electrons. The molecule has 1 aromatic rings. The zero-order chi connectivity index (χ0) is 12.1. The van der Waals surface area contributed by atoms with Gasteiger partial charge in [-0.25, -0.2) is 0 Å². The molecule has 0 aliphatic carbocycles. The fraction of sp³-hybridized carbons (Fsp3) is 0.273. The first kappa shape index (κ1) is 12.0. The summed E-state index contributed by atoms with van der Waals surface area (Å²) in [5.41, 5.74) is 0.379. The standard InChI is InChI=1S/C11H14N2O3/c1-7(2)12-10(15)11(16)13-8-4-3-5-9(14)6-8/h3-7,14H,1-2H3,(H,12,15)(H,13,16). The summed E-state index contributed by atoms with van der Waals surface area (Å²) in [6.45, 7) is 3.53. The van der Waals surface area contributed by atoms with E-state index in [9.17, 15) is 9.59 Å². The van der Waals surface area contributed by atoms with Gasteiger partial charge in [0.05, 0.1) is 0 Å². The largest absolute Gasteiger partial charge is 0.508 e. The molecule has 0 unspecified atom stereocenters. The summed E-state index contributed by atoms with van der Waals surface area (Å²) >= 11 is 0. The maximum absolute atomic E-state index is 11.4. The van der Waals surface area contributed by atoms with Gasteiger partial charge in [-0.05, 0) is 26.0 Å². The monoisotopic (exact) mass is 222 g/mol. The number of aromatic hydroxyl groups is 1. The second-order valence-electron chi connectivity index (χ2n) is 3.63. The molecule has 1 aromatic carbocycles. The maximum atomic E-state index is 11.4. The van der Waals surface area contributed by atoms with Gasteiger partial charge in [-0.15, -0.1) is 0 Å². The highest BCUT2D eigenvalue weighted by Crippen LogP contribution is 2.14. The molecule has 0 aliphatic rings. The lowest BCUT2D eigenvalue weighted by Crippen LogP contribution is -2.39. The molecule has 0 fully saturated rings. The molecule has 0 spiro atoms. The molecule has 0 bridgehead atoms. The van der Waals surface area contributed by atoms with Crippen LogP contribution in [0.15, 0.2) is 24.3 Å². The van der Waals surface area contributed by atoms with E-state index in [0.29, 0.717) is 5.69 Å². The summed E-state index contributed by atoms with van der Waals surface area (Å²) in [6.07, 6.45) is 0. The molecular weight excluding hydrogens is 208 g/mol. The van der Waals surface area contributed by atoms with Crippen LogP contribution in [0.1, 0.15) is 13.8 Å². The Kier molecular flexibility index (Phi) is 3.88. The van der Waals surface area contributed by atoms with Crippen LogP contribution in [0, 0.1) is 0 Å². The summed E-state index contributed by atoms with van der Waals surface area (Å²) in [4.78, 5) is 22.6. The minimum atomic E-state index is -0.751. The summed E-state index contributed by atoms with van der Waals surface area (Å²) in [5, 5.41) is 14.0. The molecule has 0 aromatic heterocycles. The van der Waals surface area contributed by atoms with Crippen LogP contribution in [-0.4, -0.2) is 23.0 Å². The Labute approximate surface area is 93.5 Å². The molecule has 16 heavy (non-hydrogen) atoms. The van der Waals surface area contributed by atoms with Gasteiger partial charge in [0.2, 0.25) is 0 Å². The van der Waals surface area contributed by atoms with Crippen molar-refractivity contribution in [1.29, 1.82) is 0 Å². The SMILES string of the molecule is CC(C)NC(=O)C(=O)Nc1cccc(O)c1. The van der Waals surface area contributed by atoms with Crippen molar-refractivity contribution in [2.24, 2.45) is 0 Å². The lowest BCUT2D eigenvalue weighted by molar-refractivity contribution is -0.136. The maximum Gasteiger partial charge on any atom is 0.313 e. The molecule has 0 radical (unpaired) electrons. The van der Waals surface area contributed by atoms with E-state index in [0.717, 1.165) is 0 Å². The normalized spacial score (nSPS) is 9.94. The van der Waals surface area contributed by atoms with E-state index in [2.05, 4.69) is 10.6 Å². The van der Waals surface area contributed by atoms with Crippen LogP contribution in [0.25, 0.3) is 0 Å². The molecule has 5 heteroatoms. The van der Waals surface area contributed by atoms with Crippen molar-refractivity contribution in [2.45, 2.75) is 19.9 Å². The lowest BCUT2D eigenvalue weighted by atomic mass is 10.3. The number of anilines is 1. The van der Waals surface area contributed by atoms with Gasteiger partial charge in [0.25, 0.3) is 0 Å². The van der Waals surface area contributed by atoms with Crippen molar-refractivity contribution in [3.8, 4) is 5.75 Å². The summed E-state index contributed by atoms with van der Waals surface area (Å²) in [7, 11) is 0. The van der Waals surface area contributed by atoms with E-state index >= 15 is 0 Å². The van der Waals surface area contributed by atoms with Crippen molar-refractivity contribution in [2.75, 3.05) is 5.32 Å². The fourth-order valence-electron chi connectivity index (χ4n) is 1.10. The zero-order valence-electron chi connectivity index (χ0n) is 9.15. The van der Waals surface area contributed by atoms with Crippen molar-refractivity contribution in [3.63, 3.8) is 0 Å².